The van der Waals surface area contributed by atoms with E-state index >= 15 is 0 Å². The maximum atomic E-state index is 12.6. The van der Waals surface area contributed by atoms with E-state index < -0.39 is 0 Å². The summed E-state index contributed by atoms with van der Waals surface area (Å²) >= 11 is 3.01. The number of nitrogens with one attached hydrogen (secondary N) is 1. The Morgan fingerprint density at radius 1 is 1.28 bits per heavy atom. The third kappa shape index (κ3) is 3.88. The van der Waals surface area contributed by atoms with Crippen LogP contribution in [-0.2, 0) is 0 Å². The van der Waals surface area contributed by atoms with Crippen molar-refractivity contribution in [3.8, 4) is 11.5 Å². The van der Waals surface area contributed by atoms with Crippen molar-refractivity contribution >= 4 is 44.4 Å². The van der Waals surface area contributed by atoms with Crippen LogP contribution in [0.25, 0.3) is 10.2 Å². The fraction of sp³-hybridized carbons (Fsp3) is 0.222. The van der Waals surface area contributed by atoms with Crippen LogP contribution < -0.4 is 14.8 Å². The number of carbonyl (C=O) groups is 1. The van der Waals surface area contributed by atoms with Gasteiger partial charge in [-0.05, 0) is 49.6 Å². The number of ether oxygens (including phenoxy) is 2. The van der Waals surface area contributed by atoms with E-state index in [4.69, 9.17) is 9.47 Å². The Kier molecular flexibility index (Phi) is 5.45. The highest BCUT2D eigenvalue weighted by molar-refractivity contribution is 7.98. The summed E-state index contributed by atoms with van der Waals surface area (Å²) in [5, 5.41) is 3.40. The SMILES string of the molecule is CCOc1ccc2nc(NC(=O)c3ccc(SC)cc3OC)sc2c1. The van der Waals surface area contributed by atoms with Crippen molar-refractivity contribution in [2.45, 2.75) is 11.8 Å². The lowest BCUT2D eigenvalue weighted by molar-refractivity contribution is 0.102. The monoisotopic (exact) mass is 374 g/mol. The van der Waals surface area contributed by atoms with Gasteiger partial charge in [0.2, 0.25) is 0 Å². The number of amides is 1. The molecule has 0 radical (unpaired) electrons. The van der Waals surface area contributed by atoms with Gasteiger partial charge in [-0.1, -0.05) is 11.3 Å². The predicted octanol–water partition coefficient (Wildman–Crippen LogP) is 4.68. The predicted molar refractivity (Wildman–Crippen MR) is 104 cm³/mol. The molecule has 7 heteroatoms. The van der Waals surface area contributed by atoms with Gasteiger partial charge in [0, 0.05) is 4.90 Å². The molecule has 0 spiro atoms. The second-order valence-corrected chi connectivity index (χ2v) is 7.01. The van der Waals surface area contributed by atoms with E-state index in [1.54, 1.807) is 24.9 Å². The highest BCUT2D eigenvalue weighted by Crippen LogP contribution is 2.31. The third-order valence-corrected chi connectivity index (χ3v) is 5.20. The van der Waals surface area contributed by atoms with Crippen LogP contribution in [0.3, 0.4) is 0 Å². The summed E-state index contributed by atoms with van der Waals surface area (Å²) in [7, 11) is 1.56. The molecule has 25 heavy (non-hydrogen) atoms. The molecule has 2 aromatic carbocycles. The lowest BCUT2D eigenvalue weighted by Crippen LogP contribution is -2.13. The summed E-state index contributed by atoms with van der Waals surface area (Å²) in [5.74, 6) is 1.10. The van der Waals surface area contributed by atoms with E-state index in [9.17, 15) is 4.79 Å². The smallest absolute Gasteiger partial charge is 0.261 e. The highest BCUT2D eigenvalue weighted by atomic mass is 32.2. The average Bonchev–Trinajstić information content (AvgIpc) is 3.02. The van der Waals surface area contributed by atoms with Crippen molar-refractivity contribution in [3.05, 3.63) is 42.0 Å². The number of methoxy groups -OCH3 is 1. The first kappa shape index (κ1) is 17.6. The van der Waals surface area contributed by atoms with E-state index in [0.717, 1.165) is 20.9 Å². The number of carbonyl (C=O) groups excluding carboxylic acids is 1. The molecule has 0 saturated carbocycles. The first-order valence-electron chi connectivity index (χ1n) is 7.71. The number of rotatable bonds is 6. The molecule has 1 amide bonds. The lowest BCUT2D eigenvalue weighted by atomic mass is 10.2. The van der Waals surface area contributed by atoms with Crippen LogP contribution in [0.4, 0.5) is 5.13 Å². The normalized spacial score (nSPS) is 10.7. The minimum absolute atomic E-state index is 0.242. The number of hydrogen-bond donors (Lipinski definition) is 1. The highest BCUT2D eigenvalue weighted by Gasteiger charge is 2.15. The van der Waals surface area contributed by atoms with Gasteiger partial charge >= 0.3 is 0 Å². The molecule has 3 rings (SSSR count). The summed E-state index contributed by atoms with van der Waals surface area (Å²) in [5.41, 5.74) is 1.31. The Balaban J connectivity index is 1.84. The fourth-order valence-electron chi connectivity index (χ4n) is 2.37. The number of thiazole rings is 1. The Hall–Kier alpha value is -2.25. The molecule has 0 aliphatic heterocycles. The van der Waals surface area contributed by atoms with Crippen LogP contribution in [0.1, 0.15) is 17.3 Å². The van der Waals surface area contributed by atoms with Gasteiger partial charge in [0.05, 0.1) is 29.5 Å². The first-order chi connectivity index (χ1) is 12.1. The van der Waals surface area contributed by atoms with Crippen LogP contribution in [0, 0.1) is 0 Å². The number of aromatic nitrogens is 1. The van der Waals surface area contributed by atoms with E-state index in [1.807, 2.05) is 43.5 Å². The molecule has 0 unspecified atom stereocenters. The van der Waals surface area contributed by atoms with Crippen molar-refractivity contribution in [1.29, 1.82) is 0 Å². The number of anilines is 1. The Morgan fingerprint density at radius 3 is 2.84 bits per heavy atom. The molecule has 0 fully saturated rings. The average molecular weight is 374 g/mol. The van der Waals surface area contributed by atoms with E-state index in [2.05, 4.69) is 10.3 Å². The molecule has 5 nitrogen and oxygen atoms in total. The molecule has 3 aromatic rings. The van der Waals surface area contributed by atoms with E-state index in [0.29, 0.717) is 23.1 Å². The Morgan fingerprint density at radius 2 is 2.12 bits per heavy atom. The van der Waals surface area contributed by atoms with Crippen LogP contribution in [-0.4, -0.2) is 30.9 Å². The number of benzene rings is 2. The van der Waals surface area contributed by atoms with Gasteiger partial charge in [-0.15, -0.1) is 11.8 Å². The number of nitrogens with zero attached hydrogens (tertiary/aromatic N) is 1. The maximum absolute atomic E-state index is 12.6. The third-order valence-electron chi connectivity index (χ3n) is 3.54. The molecule has 1 aromatic heterocycles. The van der Waals surface area contributed by atoms with Gasteiger partial charge in [-0.2, -0.15) is 0 Å². The summed E-state index contributed by atoms with van der Waals surface area (Å²) in [6.45, 7) is 2.55. The number of hydrogen-bond acceptors (Lipinski definition) is 6. The van der Waals surface area contributed by atoms with Crippen molar-refractivity contribution in [2.24, 2.45) is 0 Å². The first-order valence-corrected chi connectivity index (χ1v) is 9.75. The number of fused-ring (bicyclic) bond motifs is 1. The lowest BCUT2D eigenvalue weighted by Gasteiger charge is -2.09. The van der Waals surface area contributed by atoms with Gasteiger partial charge < -0.3 is 9.47 Å². The van der Waals surface area contributed by atoms with Crippen LogP contribution in [0.5, 0.6) is 11.5 Å². The summed E-state index contributed by atoms with van der Waals surface area (Å²) in [4.78, 5) is 18.1. The molecule has 0 saturated heterocycles. The number of thioether (sulfide) groups is 1. The van der Waals surface area contributed by atoms with Crippen molar-refractivity contribution in [2.75, 3.05) is 25.3 Å². The Labute approximate surface area is 154 Å². The van der Waals surface area contributed by atoms with Gasteiger partial charge in [-0.25, -0.2) is 4.98 Å². The van der Waals surface area contributed by atoms with E-state index in [-0.39, 0.29) is 5.91 Å². The van der Waals surface area contributed by atoms with Gasteiger partial charge in [0.25, 0.3) is 5.91 Å². The molecule has 130 valence electrons. The van der Waals surface area contributed by atoms with Crippen LogP contribution in [0.2, 0.25) is 0 Å². The molecule has 1 N–H and O–H groups in total. The topological polar surface area (TPSA) is 60.5 Å². The summed E-state index contributed by atoms with van der Waals surface area (Å²) in [6, 6.07) is 11.2. The zero-order chi connectivity index (χ0) is 17.8. The van der Waals surface area contributed by atoms with E-state index in [1.165, 1.54) is 11.3 Å². The molecular formula is C18H18N2O3S2. The van der Waals surface area contributed by atoms with Crippen LogP contribution in [0.15, 0.2) is 41.3 Å². The standard InChI is InChI=1S/C18H18N2O3S2/c1-4-23-11-5-8-14-16(9-11)25-18(19-14)20-17(21)13-7-6-12(24-3)10-15(13)22-2/h5-10H,4H2,1-3H3,(H,19,20,21). The van der Waals surface area contributed by atoms with Crippen molar-refractivity contribution in [1.82, 2.24) is 4.98 Å². The molecule has 0 aliphatic rings. The fourth-order valence-corrected chi connectivity index (χ4v) is 3.68. The molecule has 1 heterocycles. The molecule has 0 bridgehead atoms. The largest absolute Gasteiger partial charge is 0.496 e. The molecule has 0 aliphatic carbocycles. The quantitative estimate of drug-likeness (QED) is 0.635. The molecular weight excluding hydrogens is 356 g/mol. The zero-order valence-corrected chi connectivity index (χ0v) is 15.8. The van der Waals surface area contributed by atoms with Gasteiger partial charge in [-0.3, -0.25) is 10.1 Å². The van der Waals surface area contributed by atoms with Crippen LogP contribution >= 0.6 is 23.1 Å². The van der Waals surface area contributed by atoms with Crippen molar-refractivity contribution < 1.29 is 14.3 Å². The minimum atomic E-state index is -0.242. The maximum Gasteiger partial charge on any atom is 0.261 e. The zero-order valence-electron chi connectivity index (χ0n) is 14.2. The second kappa shape index (κ2) is 7.76. The summed E-state index contributed by atoms with van der Waals surface area (Å²) < 4.78 is 11.8. The second-order valence-electron chi connectivity index (χ2n) is 5.10. The molecule has 0 atom stereocenters. The van der Waals surface area contributed by atoms with Gasteiger partial charge in [0.15, 0.2) is 5.13 Å². The van der Waals surface area contributed by atoms with Gasteiger partial charge in [0.1, 0.15) is 11.5 Å². The minimum Gasteiger partial charge on any atom is -0.496 e. The Bertz CT molecular complexity index is 908. The summed E-state index contributed by atoms with van der Waals surface area (Å²) in [6.07, 6.45) is 1.98. The van der Waals surface area contributed by atoms with Crippen molar-refractivity contribution in [3.63, 3.8) is 0 Å².